The third-order valence-corrected chi connectivity index (χ3v) is 3.76. The van der Waals surface area contributed by atoms with Crippen molar-refractivity contribution in [2.75, 3.05) is 23.7 Å². The van der Waals surface area contributed by atoms with E-state index in [1.165, 1.54) is 6.42 Å². The van der Waals surface area contributed by atoms with E-state index in [9.17, 15) is 9.90 Å². The van der Waals surface area contributed by atoms with E-state index in [2.05, 4.69) is 9.88 Å². The lowest BCUT2D eigenvalue weighted by Crippen LogP contribution is -2.29. The fraction of sp³-hybridized carbons (Fsp3) is 0.333. The van der Waals surface area contributed by atoms with Crippen molar-refractivity contribution in [1.82, 2.24) is 4.98 Å². The molecule has 0 saturated carbocycles. The van der Waals surface area contributed by atoms with Gasteiger partial charge in [-0.2, -0.15) is 0 Å². The van der Waals surface area contributed by atoms with Crippen molar-refractivity contribution in [3.63, 3.8) is 0 Å². The van der Waals surface area contributed by atoms with Crippen LogP contribution in [0, 0.1) is 0 Å². The zero-order valence-electron chi connectivity index (χ0n) is 11.2. The normalized spacial score (nSPS) is 15.5. The van der Waals surface area contributed by atoms with Gasteiger partial charge in [-0.25, -0.2) is 9.78 Å². The second kappa shape index (κ2) is 5.00. The molecule has 0 radical (unpaired) electrons. The molecule has 0 spiro atoms. The van der Waals surface area contributed by atoms with Crippen LogP contribution in [0.1, 0.15) is 29.8 Å². The first-order valence-corrected chi connectivity index (χ1v) is 6.84. The van der Waals surface area contributed by atoms with Gasteiger partial charge in [0.15, 0.2) is 5.69 Å². The molecule has 1 aromatic carbocycles. The second-order valence-corrected chi connectivity index (χ2v) is 5.12. The van der Waals surface area contributed by atoms with E-state index in [0.29, 0.717) is 11.2 Å². The highest BCUT2D eigenvalue weighted by molar-refractivity contribution is 6.01. The van der Waals surface area contributed by atoms with Crippen molar-refractivity contribution in [3.05, 3.63) is 30.0 Å². The number of pyridine rings is 1. The summed E-state index contributed by atoms with van der Waals surface area (Å²) >= 11 is 0. The highest BCUT2D eigenvalue weighted by Crippen LogP contribution is 2.31. The molecule has 0 atom stereocenters. The molecule has 104 valence electrons. The minimum atomic E-state index is -1.02. The third-order valence-electron chi connectivity index (χ3n) is 3.76. The van der Waals surface area contributed by atoms with Gasteiger partial charge in [0.1, 0.15) is 0 Å². The molecule has 3 rings (SSSR count). The second-order valence-electron chi connectivity index (χ2n) is 5.12. The van der Waals surface area contributed by atoms with Gasteiger partial charge in [0, 0.05) is 24.2 Å². The summed E-state index contributed by atoms with van der Waals surface area (Å²) in [5, 5.41) is 10.2. The molecule has 2 aromatic rings. The van der Waals surface area contributed by atoms with E-state index >= 15 is 0 Å². The minimum Gasteiger partial charge on any atom is -0.477 e. The van der Waals surface area contributed by atoms with Crippen molar-refractivity contribution in [3.8, 4) is 0 Å². The molecule has 0 bridgehead atoms. The zero-order chi connectivity index (χ0) is 14.1. The summed E-state index contributed by atoms with van der Waals surface area (Å²) in [6.07, 6.45) is 3.50. The summed E-state index contributed by atoms with van der Waals surface area (Å²) in [6.45, 7) is 1.90. The molecule has 2 heterocycles. The Bertz CT molecular complexity index is 663. The first-order chi connectivity index (χ1) is 9.66. The van der Waals surface area contributed by atoms with E-state index in [-0.39, 0.29) is 5.69 Å². The Hall–Kier alpha value is -2.30. The lowest BCUT2D eigenvalue weighted by Gasteiger charge is -2.30. The molecule has 1 aliphatic rings. The standard InChI is InChI=1S/C15H17N3O2/c16-11-6-4-5-10-13(18-7-2-1-3-8-18)9-12(15(19)20)17-14(10)11/h4-6,9H,1-3,7-8,16H2,(H,19,20). The molecule has 5 heteroatoms. The molecule has 1 saturated heterocycles. The van der Waals surface area contributed by atoms with E-state index < -0.39 is 5.97 Å². The maximum atomic E-state index is 11.3. The highest BCUT2D eigenvalue weighted by atomic mass is 16.4. The molecule has 0 unspecified atom stereocenters. The van der Waals surface area contributed by atoms with Gasteiger partial charge in [0.05, 0.1) is 11.2 Å². The summed E-state index contributed by atoms with van der Waals surface area (Å²) in [5.74, 6) is -1.02. The molecule has 3 N–H and O–H groups in total. The number of aromatic nitrogens is 1. The molecular weight excluding hydrogens is 254 g/mol. The van der Waals surface area contributed by atoms with Crippen LogP contribution in [0.25, 0.3) is 10.9 Å². The van der Waals surface area contributed by atoms with Crippen molar-refractivity contribution < 1.29 is 9.90 Å². The van der Waals surface area contributed by atoms with Crippen LogP contribution in [0.2, 0.25) is 0 Å². The number of hydrogen-bond donors (Lipinski definition) is 2. The number of anilines is 2. The molecule has 1 aromatic heterocycles. The molecule has 1 fully saturated rings. The number of carboxylic acid groups (broad SMARTS) is 1. The number of nitrogen functional groups attached to an aromatic ring is 1. The molecule has 0 amide bonds. The van der Waals surface area contributed by atoms with Gasteiger partial charge in [0.2, 0.25) is 0 Å². The number of aromatic carboxylic acids is 1. The van der Waals surface area contributed by atoms with Crippen molar-refractivity contribution >= 4 is 28.2 Å². The smallest absolute Gasteiger partial charge is 0.354 e. The van der Waals surface area contributed by atoms with Crippen LogP contribution >= 0.6 is 0 Å². The number of nitrogens with zero attached hydrogens (tertiary/aromatic N) is 2. The fourth-order valence-electron chi connectivity index (χ4n) is 2.76. The molecule has 1 aliphatic heterocycles. The minimum absolute atomic E-state index is 0.0518. The lowest BCUT2D eigenvalue weighted by atomic mass is 10.1. The van der Waals surface area contributed by atoms with Crippen LogP contribution in [0.4, 0.5) is 11.4 Å². The van der Waals surface area contributed by atoms with Gasteiger partial charge in [-0.3, -0.25) is 0 Å². The molecule has 20 heavy (non-hydrogen) atoms. The Kier molecular flexibility index (Phi) is 3.18. The van der Waals surface area contributed by atoms with Crippen LogP contribution in [0.5, 0.6) is 0 Å². The van der Waals surface area contributed by atoms with Gasteiger partial charge < -0.3 is 15.7 Å². The quantitative estimate of drug-likeness (QED) is 0.820. The average Bonchev–Trinajstić information content (AvgIpc) is 2.47. The van der Waals surface area contributed by atoms with E-state index in [1.807, 2.05) is 12.1 Å². The van der Waals surface area contributed by atoms with Crippen molar-refractivity contribution in [1.29, 1.82) is 0 Å². The summed E-state index contributed by atoms with van der Waals surface area (Å²) in [6, 6.07) is 7.25. The van der Waals surface area contributed by atoms with Gasteiger partial charge in [-0.1, -0.05) is 12.1 Å². The Morgan fingerprint density at radius 3 is 2.70 bits per heavy atom. The molecular formula is C15H17N3O2. The Balaban J connectivity index is 2.22. The SMILES string of the molecule is Nc1cccc2c(N3CCCCC3)cc(C(=O)O)nc12. The summed E-state index contributed by atoms with van der Waals surface area (Å²) in [7, 11) is 0. The average molecular weight is 271 g/mol. The number of rotatable bonds is 2. The first-order valence-electron chi connectivity index (χ1n) is 6.84. The lowest BCUT2D eigenvalue weighted by molar-refractivity contribution is 0.0691. The number of hydrogen-bond acceptors (Lipinski definition) is 4. The monoisotopic (exact) mass is 271 g/mol. The van der Waals surface area contributed by atoms with Crippen LogP contribution in [-0.4, -0.2) is 29.1 Å². The Morgan fingerprint density at radius 1 is 1.25 bits per heavy atom. The van der Waals surface area contributed by atoms with Gasteiger partial charge >= 0.3 is 5.97 Å². The fourth-order valence-corrected chi connectivity index (χ4v) is 2.76. The summed E-state index contributed by atoms with van der Waals surface area (Å²) < 4.78 is 0. The first kappa shape index (κ1) is 12.7. The summed E-state index contributed by atoms with van der Waals surface area (Å²) in [4.78, 5) is 17.7. The number of nitrogens with two attached hydrogens (primary N) is 1. The molecule has 5 nitrogen and oxygen atoms in total. The predicted molar refractivity (Wildman–Crippen MR) is 79.2 cm³/mol. The van der Waals surface area contributed by atoms with Crippen LogP contribution in [-0.2, 0) is 0 Å². The van der Waals surface area contributed by atoms with E-state index in [4.69, 9.17) is 5.73 Å². The maximum Gasteiger partial charge on any atom is 0.354 e. The number of carboxylic acids is 1. The van der Waals surface area contributed by atoms with Crippen LogP contribution in [0.3, 0.4) is 0 Å². The highest BCUT2D eigenvalue weighted by Gasteiger charge is 2.18. The number of benzene rings is 1. The summed E-state index contributed by atoms with van der Waals surface area (Å²) in [5.41, 5.74) is 8.03. The number of carbonyl (C=O) groups is 1. The van der Waals surface area contributed by atoms with Crippen molar-refractivity contribution in [2.24, 2.45) is 0 Å². The number of para-hydroxylation sites is 1. The number of piperidine rings is 1. The predicted octanol–water partition coefficient (Wildman–Crippen LogP) is 2.51. The Morgan fingerprint density at radius 2 is 2.00 bits per heavy atom. The van der Waals surface area contributed by atoms with Gasteiger partial charge in [-0.15, -0.1) is 0 Å². The largest absolute Gasteiger partial charge is 0.477 e. The number of fused-ring (bicyclic) bond motifs is 1. The van der Waals surface area contributed by atoms with E-state index in [0.717, 1.165) is 37.0 Å². The molecule has 0 aliphatic carbocycles. The maximum absolute atomic E-state index is 11.3. The van der Waals surface area contributed by atoms with Crippen LogP contribution < -0.4 is 10.6 Å². The zero-order valence-corrected chi connectivity index (χ0v) is 11.2. The Labute approximate surface area is 117 Å². The van der Waals surface area contributed by atoms with Gasteiger partial charge in [0.25, 0.3) is 0 Å². The third kappa shape index (κ3) is 2.15. The topological polar surface area (TPSA) is 79.5 Å². The van der Waals surface area contributed by atoms with Crippen molar-refractivity contribution in [2.45, 2.75) is 19.3 Å². The van der Waals surface area contributed by atoms with Crippen LogP contribution in [0.15, 0.2) is 24.3 Å². The van der Waals surface area contributed by atoms with E-state index in [1.54, 1.807) is 12.1 Å². The van der Waals surface area contributed by atoms with Gasteiger partial charge in [-0.05, 0) is 31.4 Å².